The summed E-state index contributed by atoms with van der Waals surface area (Å²) in [4.78, 5) is 2.50. The molecular weight excluding hydrogens is 210 g/mol. The van der Waals surface area contributed by atoms with Crippen molar-refractivity contribution in [2.75, 3.05) is 20.7 Å². The Morgan fingerprint density at radius 3 is 2.94 bits per heavy atom. The van der Waals surface area contributed by atoms with Crippen LogP contribution in [-0.2, 0) is 12.8 Å². The third kappa shape index (κ3) is 2.63. The quantitative estimate of drug-likeness (QED) is 0.793. The lowest BCUT2D eigenvalue weighted by Gasteiger charge is -2.33. The number of methoxy groups -OCH3 is 1. The maximum Gasteiger partial charge on any atom is 0.122 e. The molecule has 17 heavy (non-hydrogen) atoms. The Kier molecular flexibility index (Phi) is 4.06. The van der Waals surface area contributed by atoms with Gasteiger partial charge in [0.25, 0.3) is 0 Å². The molecule has 1 aliphatic carbocycles. The lowest BCUT2D eigenvalue weighted by atomic mass is 9.87. The molecule has 2 nitrogen and oxygen atoms in total. The van der Waals surface area contributed by atoms with Gasteiger partial charge in [-0.1, -0.05) is 19.1 Å². The molecule has 0 aromatic heterocycles. The number of nitrogens with zero attached hydrogens (tertiary/aromatic N) is 1. The van der Waals surface area contributed by atoms with Gasteiger partial charge >= 0.3 is 0 Å². The van der Waals surface area contributed by atoms with Gasteiger partial charge in [-0.25, -0.2) is 0 Å². The number of ether oxygens (including phenoxy) is 1. The van der Waals surface area contributed by atoms with Crippen molar-refractivity contribution in [3.05, 3.63) is 29.3 Å². The molecule has 0 bridgehead atoms. The molecule has 2 heteroatoms. The zero-order valence-electron chi connectivity index (χ0n) is 11.2. The second kappa shape index (κ2) is 5.54. The second-order valence-electron chi connectivity index (χ2n) is 4.98. The Hall–Kier alpha value is -1.02. The molecule has 1 aliphatic rings. The molecule has 0 unspecified atom stereocenters. The van der Waals surface area contributed by atoms with E-state index in [1.807, 2.05) is 0 Å². The van der Waals surface area contributed by atoms with E-state index in [-0.39, 0.29) is 0 Å². The lowest BCUT2D eigenvalue weighted by molar-refractivity contribution is 0.220. The second-order valence-corrected chi connectivity index (χ2v) is 4.98. The fourth-order valence-electron chi connectivity index (χ4n) is 2.84. The number of hydrogen-bond donors (Lipinski definition) is 0. The van der Waals surface area contributed by atoms with Crippen LogP contribution in [0.4, 0.5) is 0 Å². The maximum atomic E-state index is 5.48. The van der Waals surface area contributed by atoms with Gasteiger partial charge in [0.15, 0.2) is 0 Å². The summed E-state index contributed by atoms with van der Waals surface area (Å²) in [6.45, 7) is 3.43. The van der Waals surface area contributed by atoms with Gasteiger partial charge in [-0.15, -0.1) is 0 Å². The van der Waals surface area contributed by atoms with Crippen molar-refractivity contribution < 1.29 is 4.74 Å². The predicted molar refractivity (Wildman–Crippen MR) is 71.7 cm³/mol. The monoisotopic (exact) mass is 233 g/mol. The molecule has 94 valence electrons. The zero-order chi connectivity index (χ0) is 12.3. The highest BCUT2D eigenvalue weighted by molar-refractivity contribution is 5.42. The van der Waals surface area contributed by atoms with Crippen molar-refractivity contribution in [3.63, 3.8) is 0 Å². The Morgan fingerprint density at radius 2 is 2.24 bits per heavy atom. The van der Waals surface area contributed by atoms with Gasteiger partial charge in [-0.3, -0.25) is 0 Å². The van der Waals surface area contributed by atoms with Gasteiger partial charge in [0, 0.05) is 6.04 Å². The highest BCUT2D eigenvalue weighted by Gasteiger charge is 2.23. The van der Waals surface area contributed by atoms with E-state index in [2.05, 4.69) is 37.1 Å². The topological polar surface area (TPSA) is 12.5 Å². The smallest absolute Gasteiger partial charge is 0.122 e. The summed E-state index contributed by atoms with van der Waals surface area (Å²) in [7, 11) is 4.02. The highest BCUT2D eigenvalue weighted by atomic mass is 16.5. The van der Waals surface area contributed by atoms with Crippen molar-refractivity contribution in [1.82, 2.24) is 4.90 Å². The Balaban J connectivity index is 2.17. The first kappa shape index (κ1) is 12.4. The number of rotatable bonds is 4. The summed E-state index contributed by atoms with van der Waals surface area (Å²) in [6.07, 6.45) is 4.82. The summed E-state index contributed by atoms with van der Waals surface area (Å²) in [6, 6.07) is 7.11. The van der Waals surface area contributed by atoms with E-state index >= 15 is 0 Å². The van der Waals surface area contributed by atoms with Crippen LogP contribution < -0.4 is 4.74 Å². The van der Waals surface area contributed by atoms with E-state index in [9.17, 15) is 0 Å². The van der Waals surface area contributed by atoms with Crippen molar-refractivity contribution >= 4 is 0 Å². The number of fused-ring (bicyclic) bond motifs is 1. The first-order valence-electron chi connectivity index (χ1n) is 6.61. The van der Waals surface area contributed by atoms with Gasteiger partial charge < -0.3 is 9.64 Å². The molecule has 0 amide bonds. The SMILES string of the molecule is CCCN(C)[C@@H]1CCc2cccc(OC)c2C1. The van der Waals surface area contributed by atoms with Crippen LogP contribution in [-0.4, -0.2) is 31.6 Å². The molecule has 0 aliphatic heterocycles. The van der Waals surface area contributed by atoms with Crippen LogP contribution in [0.1, 0.15) is 30.9 Å². The van der Waals surface area contributed by atoms with Crippen molar-refractivity contribution in [3.8, 4) is 5.75 Å². The number of aryl methyl sites for hydroxylation is 1. The maximum absolute atomic E-state index is 5.48. The molecule has 0 saturated heterocycles. The summed E-state index contributed by atoms with van der Waals surface area (Å²) >= 11 is 0. The highest BCUT2D eigenvalue weighted by Crippen LogP contribution is 2.31. The van der Waals surface area contributed by atoms with Crippen LogP contribution in [0.15, 0.2) is 18.2 Å². The first-order valence-corrected chi connectivity index (χ1v) is 6.61. The normalized spacial score (nSPS) is 19.2. The van der Waals surface area contributed by atoms with Crippen LogP contribution in [0.3, 0.4) is 0 Å². The zero-order valence-corrected chi connectivity index (χ0v) is 11.2. The first-order chi connectivity index (χ1) is 8.26. The van der Waals surface area contributed by atoms with Gasteiger partial charge in [0.2, 0.25) is 0 Å². The minimum atomic E-state index is 0.679. The van der Waals surface area contributed by atoms with E-state index < -0.39 is 0 Å². The molecule has 1 aromatic rings. The molecule has 0 spiro atoms. The Labute approximate surface area is 105 Å². The summed E-state index contributed by atoms with van der Waals surface area (Å²) in [5.41, 5.74) is 2.90. The molecule has 0 N–H and O–H groups in total. The molecule has 2 rings (SSSR count). The van der Waals surface area contributed by atoms with Crippen LogP contribution in [0, 0.1) is 0 Å². The molecule has 0 heterocycles. The van der Waals surface area contributed by atoms with Crippen molar-refractivity contribution in [2.45, 2.75) is 38.6 Å². The average molecular weight is 233 g/mol. The molecular formula is C15H23NO. The third-order valence-electron chi connectivity index (χ3n) is 3.84. The number of benzene rings is 1. The van der Waals surface area contributed by atoms with E-state index in [1.54, 1.807) is 7.11 Å². The lowest BCUT2D eigenvalue weighted by Crippen LogP contribution is -2.37. The third-order valence-corrected chi connectivity index (χ3v) is 3.84. The molecule has 0 radical (unpaired) electrons. The fraction of sp³-hybridized carbons (Fsp3) is 0.600. The number of hydrogen-bond acceptors (Lipinski definition) is 2. The standard InChI is InChI=1S/C15H23NO/c1-4-10-16(2)13-9-8-12-6-5-7-15(17-3)14(12)11-13/h5-7,13H,4,8-11H2,1-3H3/t13-/m1/s1. The van der Waals surface area contributed by atoms with Crippen LogP contribution in [0.5, 0.6) is 5.75 Å². The van der Waals surface area contributed by atoms with Crippen LogP contribution in [0.2, 0.25) is 0 Å². The van der Waals surface area contributed by atoms with E-state index in [0.717, 1.165) is 12.2 Å². The van der Waals surface area contributed by atoms with Crippen LogP contribution >= 0.6 is 0 Å². The van der Waals surface area contributed by atoms with E-state index in [0.29, 0.717) is 6.04 Å². The number of likely N-dealkylation sites (N-methyl/N-ethyl adjacent to an activating group) is 1. The van der Waals surface area contributed by atoms with Crippen molar-refractivity contribution in [1.29, 1.82) is 0 Å². The van der Waals surface area contributed by atoms with Gasteiger partial charge in [0.05, 0.1) is 7.11 Å². The van der Waals surface area contributed by atoms with Gasteiger partial charge in [0.1, 0.15) is 5.75 Å². The van der Waals surface area contributed by atoms with Crippen LogP contribution in [0.25, 0.3) is 0 Å². The molecule has 1 aromatic carbocycles. The fourth-order valence-corrected chi connectivity index (χ4v) is 2.84. The van der Waals surface area contributed by atoms with Gasteiger partial charge in [-0.05, 0) is 56.5 Å². The van der Waals surface area contributed by atoms with E-state index in [4.69, 9.17) is 4.74 Å². The molecule has 0 fully saturated rings. The summed E-state index contributed by atoms with van der Waals surface area (Å²) in [5.74, 6) is 1.07. The minimum absolute atomic E-state index is 0.679. The summed E-state index contributed by atoms with van der Waals surface area (Å²) < 4.78 is 5.48. The Morgan fingerprint density at radius 1 is 1.41 bits per heavy atom. The van der Waals surface area contributed by atoms with E-state index in [1.165, 1.54) is 36.9 Å². The molecule has 0 saturated carbocycles. The minimum Gasteiger partial charge on any atom is -0.496 e. The Bertz CT molecular complexity index is 361. The van der Waals surface area contributed by atoms with Gasteiger partial charge in [-0.2, -0.15) is 0 Å². The predicted octanol–water partition coefficient (Wildman–Crippen LogP) is 2.89. The average Bonchev–Trinajstić information content (AvgIpc) is 2.37. The summed E-state index contributed by atoms with van der Waals surface area (Å²) in [5, 5.41) is 0. The molecule has 1 atom stereocenters. The van der Waals surface area contributed by atoms with Crippen molar-refractivity contribution in [2.24, 2.45) is 0 Å². The largest absolute Gasteiger partial charge is 0.496 e.